The van der Waals surface area contributed by atoms with Gasteiger partial charge < -0.3 is 19.7 Å². The molecule has 0 bridgehead atoms. The van der Waals surface area contributed by atoms with Gasteiger partial charge in [-0.25, -0.2) is 4.79 Å². The van der Waals surface area contributed by atoms with Crippen LogP contribution in [0.3, 0.4) is 0 Å². The lowest BCUT2D eigenvalue weighted by atomic mass is 10.1. The van der Waals surface area contributed by atoms with Crippen molar-refractivity contribution in [3.63, 3.8) is 0 Å². The molecule has 0 unspecified atom stereocenters. The third-order valence-electron chi connectivity index (χ3n) is 2.86. The number of carbonyl (C=O) groups excluding carboxylic acids is 1. The molecule has 98 valence electrons. The number of rotatable bonds is 3. The van der Waals surface area contributed by atoms with E-state index in [-0.39, 0.29) is 6.61 Å². The van der Waals surface area contributed by atoms with Gasteiger partial charge in [0.2, 0.25) is 0 Å². The zero-order valence-corrected chi connectivity index (χ0v) is 9.86. The summed E-state index contributed by atoms with van der Waals surface area (Å²) in [5.74, 6) is -0.466. The van der Waals surface area contributed by atoms with Gasteiger partial charge in [-0.2, -0.15) is 0 Å². The van der Waals surface area contributed by atoms with Gasteiger partial charge >= 0.3 is 5.97 Å². The second kappa shape index (κ2) is 5.95. The summed E-state index contributed by atoms with van der Waals surface area (Å²) in [6.07, 6.45) is -1.44. The molecule has 1 aromatic rings. The molecule has 2 N–H and O–H groups in total. The van der Waals surface area contributed by atoms with Crippen LogP contribution >= 0.6 is 0 Å². The Morgan fingerprint density at radius 3 is 2.72 bits per heavy atom. The SMILES string of the molecule is O=C(OC[C@H]1O[C@H](O)CC[C@@H]1O)c1ccccc1. The smallest absolute Gasteiger partial charge is 0.338 e. The van der Waals surface area contributed by atoms with E-state index in [0.717, 1.165) is 0 Å². The van der Waals surface area contributed by atoms with E-state index in [9.17, 15) is 15.0 Å². The summed E-state index contributed by atoms with van der Waals surface area (Å²) in [4.78, 5) is 11.7. The van der Waals surface area contributed by atoms with Crippen molar-refractivity contribution in [1.82, 2.24) is 0 Å². The van der Waals surface area contributed by atoms with Crippen molar-refractivity contribution in [1.29, 1.82) is 0 Å². The lowest BCUT2D eigenvalue weighted by molar-refractivity contribution is -0.207. The molecule has 0 amide bonds. The van der Waals surface area contributed by atoms with E-state index in [1.165, 1.54) is 0 Å². The number of esters is 1. The van der Waals surface area contributed by atoms with Crippen molar-refractivity contribution >= 4 is 5.97 Å². The Bertz CT molecular complexity index is 392. The maximum absolute atomic E-state index is 11.7. The van der Waals surface area contributed by atoms with Gasteiger partial charge in [-0.1, -0.05) is 18.2 Å². The van der Waals surface area contributed by atoms with Crippen LogP contribution in [0, 0.1) is 0 Å². The van der Waals surface area contributed by atoms with Crippen molar-refractivity contribution < 1.29 is 24.5 Å². The van der Waals surface area contributed by atoms with Crippen molar-refractivity contribution in [3.05, 3.63) is 35.9 Å². The van der Waals surface area contributed by atoms with Gasteiger partial charge in [0, 0.05) is 6.42 Å². The monoisotopic (exact) mass is 252 g/mol. The zero-order chi connectivity index (χ0) is 13.0. The second-order valence-corrected chi connectivity index (χ2v) is 4.24. The Labute approximate surface area is 105 Å². The quantitative estimate of drug-likeness (QED) is 0.774. The zero-order valence-electron chi connectivity index (χ0n) is 9.86. The molecule has 0 radical (unpaired) electrons. The molecule has 0 aromatic heterocycles. The highest BCUT2D eigenvalue weighted by Crippen LogP contribution is 2.18. The maximum atomic E-state index is 11.7. The van der Waals surface area contributed by atoms with Gasteiger partial charge in [-0.3, -0.25) is 0 Å². The van der Waals surface area contributed by atoms with Gasteiger partial charge in [0.25, 0.3) is 0 Å². The predicted octanol–water partition coefficient (Wildman–Crippen LogP) is 0.702. The number of aliphatic hydroxyl groups excluding tert-OH is 2. The first-order valence-corrected chi connectivity index (χ1v) is 5.90. The summed E-state index contributed by atoms with van der Waals surface area (Å²) < 4.78 is 10.2. The van der Waals surface area contributed by atoms with E-state index in [0.29, 0.717) is 18.4 Å². The van der Waals surface area contributed by atoms with Gasteiger partial charge in [0.15, 0.2) is 6.29 Å². The molecule has 1 aromatic carbocycles. The standard InChI is InChI=1S/C13H16O5/c14-10-6-7-12(15)18-11(10)8-17-13(16)9-4-2-1-3-5-9/h1-5,10-12,14-15H,6-8H2/t10-,11+,12-/m0/s1. The lowest BCUT2D eigenvalue weighted by Gasteiger charge is -2.30. The van der Waals surface area contributed by atoms with Crippen LogP contribution in [-0.4, -0.2) is 41.3 Å². The van der Waals surface area contributed by atoms with E-state index < -0.39 is 24.5 Å². The summed E-state index contributed by atoms with van der Waals surface area (Å²) in [6, 6.07) is 8.59. The minimum absolute atomic E-state index is 0.0635. The van der Waals surface area contributed by atoms with Gasteiger partial charge in [-0.15, -0.1) is 0 Å². The van der Waals surface area contributed by atoms with E-state index in [2.05, 4.69) is 0 Å². The van der Waals surface area contributed by atoms with Crippen molar-refractivity contribution in [2.75, 3.05) is 6.61 Å². The molecular formula is C13H16O5. The molecule has 1 aliphatic heterocycles. The van der Waals surface area contributed by atoms with Crippen LogP contribution in [0.5, 0.6) is 0 Å². The van der Waals surface area contributed by atoms with Crippen LogP contribution in [0.2, 0.25) is 0 Å². The van der Waals surface area contributed by atoms with E-state index >= 15 is 0 Å². The Morgan fingerprint density at radius 1 is 1.28 bits per heavy atom. The highest BCUT2D eigenvalue weighted by Gasteiger charge is 2.29. The second-order valence-electron chi connectivity index (χ2n) is 4.24. The molecule has 5 nitrogen and oxygen atoms in total. The average Bonchev–Trinajstić information content (AvgIpc) is 2.40. The van der Waals surface area contributed by atoms with Crippen LogP contribution in [0.25, 0.3) is 0 Å². The lowest BCUT2D eigenvalue weighted by Crippen LogP contribution is -2.42. The topological polar surface area (TPSA) is 76.0 Å². The predicted molar refractivity (Wildman–Crippen MR) is 62.8 cm³/mol. The molecule has 0 aliphatic carbocycles. The third-order valence-corrected chi connectivity index (χ3v) is 2.86. The Hall–Kier alpha value is -1.43. The minimum Gasteiger partial charge on any atom is -0.459 e. The molecule has 3 atom stereocenters. The fraction of sp³-hybridized carbons (Fsp3) is 0.462. The molecule has 1 heterocycles. The molecule has 0 saturated carbocycles. The van der Waals surface area contributed by atoms with Crippen LogP contribution in [0.4, 0.5) is 0 Å². The van der Waals surface area contributed by atoms with Crippen LogP contribution in [0.1, 0.15) is 23.2 Å². The van der Waals surface area contributed by atoms with Crippen molar-refractivity contribution in [2.45, 2.75) is 31.3 Å². The summed E-state index contributed by atoms with van der Waals surface area (Å²) in [5.41, 5.74) is 0.448. The van der Waals surface area contributed by atoms with E-state index in [1.807, 2.05) is 0 Å². The van der Waals surface area contributed by atoms with Crippen LogP contribution < -0.4 is 0 Å². The maximum Gasteiger partial charge on any atom is 0.338 e. The number of carbonyl (C=O) groups is 1. The number of hydrogen-bond acceptors (Lipinski definition) is 5. The molecule has 2 rings (SSSR count). The fourth-order valence-electron chi connectivity index (χ4n) is 1.83. The van der Waals surface area contributed by atoms with E-state index in [1.54, 1.807) is 30.3 Å². The molecular weight excluding hydrogens is 236 g/mol. The minimum atomic E-state index is -0.895. The fourth-order valence-corrected chi connectivity index (χ4v) is 1.83. The molecule has 1 aliphatic rings. The van der Waals surface area contributed by atoms with E-state index in [4.69, 9.17) is 9.47 Å². The molecule has 18 heavy (non-hydrogen) atoms. The summed E-state index contributed by atoms with van der Waals surface area (Å²) in [7, 11) is 0. The van der Waals surface area contributed by atoms with Crippen molar-refractivity contribution in [3.8, 4) is 0 Å². The number of hydrogen-bond donors (Lipinski definition) is 2. The van der Waals surface area contributed by atoms with Crippen LogP contribution in [-0.2, 0) is 9.47 Å². The van der Waals surface area contributed by atoms with Gasteiger partial charge in [-0.05, 0) is 18.6 Å². The largest absolute Gasteiger partial charge is 0.459 e. The van der Waals surface area contributed by atoms with Gasteiger partial charge in [0.1, 0.15) is 12.7 Å². The number of aliphatic hydroxyl groups is 2. The number of ether oxygens (including phenoxy) is 2. The highest BCUT2D eigenvalue weighted by atomic mass is 16.6. The molecule has 1 fully saturated rings. The molecule has 5 heteroatoms. The third kappa shape index (κ3) is 3.29. The Balaban J connectivity index is 1.86. The molecule has 0 spiro atoms. The van der Waals surface area contributed by atoms with Crippen LogP contribution in [0.15, 0.2) is 30.3 Å². The Kier molecular flexibility index (Phi) is 4.30. The normalized spacial score (nSPS) is 27.8. The summed E-state index contributed by atoms with van der Waals surface area (Å²) >= 11 is 0. The highest BCUT2D eigenvalue weighted by molar-refractivity contribution is 5.89. The summed E-state index contributed by atoms with van der Waals surface area (Å²) in [6.45, 7) is -0.0635. The summed E-state index contributed by atoms with van der Waals surface area (Å²) in [5, 5.41) is 18.9. The first kappa shape index (κ1) is 13.0. The number of benzene rings is 1. The average molecular weight is 252 g/mol. The first-order chi connectivity index (χ1) is 8.66. The van der Waals surface area contributed by atoms with Crippen molar-refractivity contribution in [2.24, 2.45) is 0 Å². The van der Waals surface area contributed by atoms with Gasteiger partial charge in [0.05, 0.1) is 11.7 Å². The Morgan fingerprint density at radius 2 is 2.00 bits per heavy atom. The molecule has 1 saturated heterocycles. The first-order valence-electron chi connectivity index (χ1n) is 5.90.